The lowest BCUT2D eigenvalue weighted by Gasteiger charge is -2.23. The SMILES string of the molecule is CN(C)C(CN)c1cccc(C2CC2)c1. The van der Waals surface area contributed by atoms with E-state index < -0.39 is 0 Å². The van der Waals surface area contributed by atoms with Gasteiger partial charge in [0.25, 0.3) is 0 Å². The van der Waals surface area contributed by atoms with E-state index >= 15 is 0 Å². The Hall–Kier alpha value is -0.860. The molecule has 0 radical (unpaired) electrons. The predicted octanol–water partition coefficient (Wildman–Crippen LogP) is 2.13. The molecule has 0 spiro atoms. The Kier molecular flexibility index (Phi) is 3.08. The van der Waals surface area contributed by atoms with Gasteiger partial charge in [-0.15, -0.1) is 0 Å². The second-order valence-corrected chi connectivity index (χ2v) is 4.66. The standard InChI is InChI=1S/C13H20N2/c1-15(2)13(9-14)12-5-3-4-11(8-12)10-6-7-10/h3-5,8,10,13H,6-7,9,14H2,1-2H3. The molecule has 1 atom stereocenters. The predicted molar refractivity (Wildman–Crippen MR) is 63.9 cm³/mol. The van der Waals surface area contributed by atoms with E-state index in [4.69, 9.17) is 5.73 Å². The summed E-state index contributed by atoms with van der Waals surface area (Å²) in [5.74, 6) is 0.825. The van der Waals surface area contributed by atoms with Crippen molar-refractivity contribution in [2.24, 2.45) is 5.73 Å². The van der Waals surface area contributed by atoms with Gasteiger partial charge in [-0.3, -0.25) is 0 Å². The third kappa shape index (κ3) is 2.39. The normalized spacial score (nSPS) is 18.1. The molecule has 2 N–H and O–H groups in total. The first kappa shape index (κ1) is 10.7. The van der Waals surface area contributed by atoms with Crippen molar-refractivity contribution in [1.29, 1.82) is 0 Å². The Morgan fingerprint density at radius 3 is 2.67 bits per heavy atom. The molecule has 15 heavy (non-hydrogen) atoms. The molecule has 1 aromatic carbocycles. The quantitative estimate of drug-likeness (QED) is 0.814. The highest BCUT2D eigenvalue weighted by atomic mass is 15.1. The number of rotatable bonds is 4. The van der Waals surface area contributed by atoms with E-state index in [9.17, 15) is 0 Å². The van der Waals surface area contributed by atoms with Crippen LogP contribution in [-0.2, 0) is 0 Å². The molecule has 82 valence electrons. The lowest BCUT2D eigenvalue weighted by Crippen LogP contribution is -2.27. The Bertz CT molecular complexity index is 329. The largest absolute Gasteiger partial charge is 0.329 e. The van der Waals surface area contributed by atoms with Gasteiger partial charge in [0.15, 0.2) is 0 Å². The molecule has 0 aliphatic heterocycles. The maximum absolute atomic E-state index is 5.81. The lowest BCUT2D eigenvalue weighted by atomic mass is 10.0. The molecular weight excluding hydrogens is 184 g/mol. The number of benzene rings is 1. The molecule has 2 rings (SSSR count). The number of nitrogens with zero attached hydrogens (tertiary/aromatic N) is 1. The minimum absolute atomic E-state index is 0.351. The first-order valence-electron chi connectivity index (χ1n) is 5.68. The van der Waals surface area contributed by atoms with E-state index in [1.165, 1.54) is 24.0 Å². The van der Waals surface area contributed by atoms with E-state index in [-0.39, 0.29) is 0 Å². The fraction of sp³-hybridized carbons (Fsp3) is 0.538. The number of hydrogen-bond acceptors (Lipinski definition) is 2. The average Bonchev–Trinajstić information content (AvgIpc) is 3.02. The van der Waals surface area contributed by atoms with E-state index in [0.717, 1.165) is 5.92 Å². The van der Waals surface area contributed by atoms with Crippen LogP contribution < -0.4 is 5.73 Å². The van der Waals surface area contributed by atoms with Crippen molar-refractivity contribution in [2.45, 2.75) is 24.8 Å². The van der Waals surface area contributed by atoms with Crippen LogP contribution in [-0.4, -0.2) is 25.5 Å². The second kappa shape index (κ2) is 4.33. The summed E-state index contributed by atoms with van der Waals surface area (Å²) in [7, 11) is 4.17. The van der Waals surface area contributed by atoms with Crippen LogP contribution in [0.1, 0.15) is 35.9 Å². The smallest absolute Gasteiger partial charge is 0.0464 e. The number of nitrogens with two attached hydrogens (primary N) is 1. The molecule has 0 aromatic heterocycles. The Balaban J connectivity index is 2.22. The summed E-state index contributed by atoms with van der Waals surface area (Å²) in [4.78, 5) is 2.19. The van der Waals surface area contributed by atoms with Gasteiger partial charge in [0.05, 0.1) is 0 Å². The summed E-state index contributed by atoms with van der Waals surface area (Å²) in [6, 6.07) is 9.27. The summed E-state index contributed by atoms with van der Waals surface area (Å²) in [5.41, 5.74) is 8.65. The van der Waals surface area contributed by atoms with Crippen LogP contribution in [0.5, 0.6) is 0 Å². The molecule has 0 amide bonds. The molecule has 1 aliphatic carbocycles. The Labute approximate surface area is 92.1 Å². The first-order chi connectivity index (χ1) is 7.22. The van der Waals surface area contributed by atoms with Gasteiger partial charge in [0, 0.05) is 12.6 Å². The van der Waals surface area contributed by atoms with Crippen LogP contribution >= 0.6 is 0 Å². The summed E-state index contributed by atoms with van der Waals surface area (Å²) >= 11 is 0. The fourth-order valence-corrected chi connectivity index (χ4v) is 2.08. The summed E-state index contributed by atoms with van der Waals surface area (Å²) in [6.45, 7) is 0.682. The third-order valence-corrected chi connectivity index (χ3v) is 3.19. The molecule has 0 heterocycles. The molecule has 0 saturated heterocycles. The lowest BCUT2D eigenvalue weighted by molar-refractivity contribution is 0.306. The van der Waals surface area contributed by atoms with Crippen molar-refractivity contribution >= 4 is 0 Å². The third-order valence-electron chi connectivity index (χ3n) is 3.19. The van der Waals surface area contributed by atoms with Gasteiger partial charge in [-0.2, -0.15) is 0 Å². The Morgan fingerprint density at radius 2 is 2.13 bits per heavy atom. The first-order valence-corrected chi connectivity index (χ1v) is 5.68. The van der Waals surface area contributed by atoms with Crippen LogP contribution in [0.25, 0.3) is 0 Å². The van der Waals surface area contributed by atoms with Crippen LogP contribution in [0, 0.1) is 0 Å². The van der Waals surface area contributed by atoms with Crippen LogP contribution in [0.4, 0.5) is 0 Å². The van der Waals surface area contributed by atoms with Crippen LogP contribution in [0.3, 0.4) is 0 Å². The average molecular weight is 204 g/mol. The van der Waals surface area contributed by atoms with Crippen molar-refractivity contribution in [1.82, 2.24) is 4.90 Å². The van der Waals surface area contributed by atoms with E-state index in [1.54, 1.807) is 0 Å². The van der Waals surface area contributed by atoms with E-state index in [0.29, 0.717) is 12.6 Å². The zero-order valence-corrected chi connectivity index (χ0v) is 9.61. The molecule has 1 aromatic rings. The molecule has 1 fully saturated rings. The zero-order chi connectivity index (χ0) is 10.8. The van der Waals surface area contributed by atoms with Gasteiger partial charge >= 0.3 is 0 Å². The Morgan fingerprint density at radius 1 is 1.40 bits per heavy atom. The number of likely N-dealkylation sites (N-methyl/N-ethyl adjacent to an activating group) is 1. The second-order valence-electron chi connectivity index (χ2n) is 4.66. The van der Waals surface area contributed by atoms with Gasteiger partial charge in [-0.25, -0.2) is 0 Å². The highest BCUT2D eigenvalue weighted by Gasteiger charge is 2.24. The summed E-state index contributed by atoms with van der Waals surface area (Å²) in [5, 5.41) is 0. The van der Waals surface area contributed by atoms with Crippen molar-refractivity contribution in [3.63, 3.8) is 0 Å². The summed E-state index contributed by atoms with van der Waals surface area (Å²) in [6.07, 6.45) is 2.72. The summed E-state index contributed by atoms with van der Waals surface area (Å²) < 4.78 is 0. The minimum atomic E-state index is 0.351. The van der Waals surface area contributed by atoms with Crippen molar-refractivity contribution in [2.75, 3.05) is 20.6 Å². The molecule has 2 heteroatoms. The van der Waals surface area contributed by atoms with Crippen molar-refractivity contribution < 1.29 is 0 Å². The molecule has 1 unspecified atom stereocenters. The van der Waals surface area contributed by atoms with Gasteiger partial charge in [-0.05, 0) is 44.0 Å². The molecule has 1 aliphatic rings. The highest BCUT2D eigenvalue weighted by Crippen LogP contribution is 2.40. The van der Waals surface area contributed by atoms with E-state index in [1.807, 2.05) is 0 Å². The molecule has 1 saturated carbocycles. The van der Waals surface area contributed by atoms with Gasteiger partial charge in [-0.1, -0.05) is 24.3 Å². The van der Waals surface area contributed by atoms with Crippen molar-refractivity contribution in [3.05, 3.63) is 35.4 Å². The van der Waals surface area contributed by atoms with Crippen LogP contribution in [0.15, 0.2) is 24.3 Å². The van der Waals surface area contributed by atoms with Gasteiger partial charge < -0.3 is 10.6 Å². The van der Waals surface area contributed by atoms with Gasteiger partial charge in [0.2, 0.25) is 0 Å². The fourth-order valence-electron chi connectivity index (χ4n) is 2.08. The number of hydrogen-bond donors (Lipinski definition) is 1. The highest BCUT2D eigenvalue weighted by molar-refractivity contribution is 5.31. The minimum Gasteiger partial charge on any atom is -0.329 e. The maximum atomic E-state index is 5.81. The van der Waals surface area contributed by atoms with Gasteiger partial charge in [0.1, 0.15) is 0 Å². The molecule has 2 nitrogen and oxygen atoms in total. The van der Waals surface area contributed by atoms with Crippen LogP contribution in [0.2, 0.25) is 0 Å². The van der Waals surface area contributed by atoms with Crippen molar-refractivity contribution in [3.8, 4) is 0 Å². The van der Waals surface area contributed by atoms with E-state index in [2.05, 4.69) is 43.3 Å². The molecular formula is C13H20N2. The maximum Gasteiger partial charge on any atom is 0.0464 e. The molecule has 0 bridgehead atoms. The zero-order valence-electron chi connectivity index (χ0n) is 9.61. The topological polar surface area (TPSA) is 29.3 Å². The monoisotopic (exact) mass is 204 g/mol.